The summed E-state index contributed by atoms with van der Waals surface area (Å²) in [5.41, 5.74) is 1.64. The van der Waals surface area contributed by atoms with Gasteiger partial charge in [-0.3, -0.25) is 4.79 Å². The van der Waals surface area contributed by atoms with Crippen LogP contribution in [0.15, 0.2) is 41.3 Å². The predicted molar refractivity (Wildman–Crippen MR) is 110 cm³/mol. The van der Waals surface area contributed by atoms with Gasteiger partial charge in [-0.2, -0.15) is 4.31 Å². The molecule has 152 valence electrons. The van der Waals surface area contributed by atoms with E-state index in [4.69, 9.17) is 11.6 Å². The predicted octanol–water partition coefficient (Wildman–Crippen LogP) is 3.87. The molecule has 0 heterocycles. The molecule has 0 atom stereocenters. The standard InChI is InChI=1S/C19H23ClFN3O3S/c1-4-24(5-2)28(26,27)15-8-6-13(3)18(11-15)23-19(25)12-22-14-7-9-17(21)16(20)10-14/h6-11,22H,4-5,12H2,1-3H3,(H,23,25). The van der Waals surface area contributed by atoms with Crippen LogP contribution in [0.25, 0.3) is 0 Å². The Bertz CT molecular complexity index is 963. The highest BCUT2D eigenvalue weighted by Gasteiger charge is 2.22. The van der Waals surface area contributed by atoms with E-state index in [-0.39, 0.29) is 22.4 Å². The van der Waals surface area contributed by atoms with Crippen LogP contribution in [0.1, 0.15) is 19.4 Å². The Morgan fingerprint density at radius 3 is 2.43 bits per heavy atom. The number of anilines is 2. The Hall–Kier alpha value is -2.16. The zero-order valence-corrected chi connectivity index (χ0v) is 17.5. The molecule has 6 nitrogen and oxygen atoms in total. The lowest BCUT2D eigenvalue weighted by Gasteiger charge is -2.19. The van der Waals surface area contributed by atoms with Crippen LogP contribution in [0, 0.1) is 12.7 Å². The Labute approximate surface area is 169 Å². The number of nitrogens with zero attached hydrogens (tertiary/aromatic N) is 1. The molecule has 0 aliphatic carbocycles. The maximum absolute atomic E-state index is 13.2. The Morgan fingerprint density at radius 2 is 1.82 bits per heavy atom. The van der Waals surface area contributed by atoms with Gasteiger partial charge in [-0.05, 0) is 42.8 Å². The van der Waals surface area contributed by atoms with Crippen LogP contribution in [-0.2, 0) is 14.8 Å². The Balaban J connectivity index is 2.12. The normalized spacial score (nSPS) is 11.5. The first-order chi connectivity index (χ1) is 13.2. The second-order valence-corrected chi connectivity index (χ2v) is 8.44. The lowest BCUT2D eigenvalue weighted by Crippen LogP contribution is -2.30. The van der Waals surface area contributed by atoms with Crippen LogP contribution in [0.5, 0.6) is 0 Å². The second-order valence-electron chi connectivity index (χ2n) is 6.10. The molecule has 0 unspecified atom stereocenters. The first-order valence-electron chi connectivity index (χ1n) is 8.78. The van der Waals surface area contributed by atoms with Crippen molar-refractivity contribution in [1.29, 1.82) is 0 Å². The molecular formula is C19H23ClFN3O3S. The minimum Gasteiger partial charge on any atom is -0.376 e. The number of hydrogen-bond acceptors (Lipinski definition) is 4. The van der Waals surface area contributed by atoms with E-state index in [1.165, 1.54) is 34.6 Å². The summed E-state index contributed by atoms with van der Waals surface area (Å²) in [7, 11) is -3.62. The molecule has 0 radical (unpaired) electrons. The van der Waals surface area contributed by atoms with Crippen molar-refractivity contribution < 1.29 is 17.6 Å². The lowest BCUT2D eigenvalue weighted by molar-refractivity contribution is -0.114. The Morgan fingerprint density at radius 1 is 1.14 bits per heavy atom. The lowest BCUT2D eigenvalue weighted by atomic mass is 10.2. The second kappa shape index (κ2) is 9.36. The van der Waals surface area contributed by atoms with E-state index in [1.54, 1.807) is 26.8 Å². The van der Waals surface area contributed by atoms with Crippen LogP contribution in [-0.4, -0.2) is 38.3 Å². The zero-order valence-electron chi connectivity index (χ0n) is 15.9. The summed E-state index contributed by atoms with van der Waals surface area (Å²) in [6.07, 6.45) is 0. The number of carbonyl (C=O) groups excluding carboxylic acids is 1. The molecule has 0 aromatic heterocycles. The SMILES string of the molecule is CCN(CC)S(=O)(=O)c1ccc(C)c(NC(=O)CNc2ccc(F)c(Cl)c2)c1. The minimum absolute atomic E-state index is 0.0458. The molecule has 0 aliphatic heterocycles. The van der Waals surface area contributed by atoms with Gasteiger partial charge in [0.25, 0.3) is 0 Å². The number of hydrogen-bond donors (Lipinski definition) is 2. The molecule has 2 N–H and O–H groups in total. The average molecular weight is 428 g/mol. The van der Waals surface area contributed by atoms with Gasteiger partial charge in [0.05, 0.1) is 16.5 Å². The van der Waals surface area contributed by atoms with Crippen LogP contribution in [0.2, 0.25) is 5.02 Å². The molecular weight excluding hydrogens is 405 g/mol. The minimum atomic E-state index is -3.62. The van der Waals surface area contributed by atoms with Crippen molar-refractivity contribution in [3.05, 3.63) is 52.8 Å². The summed E-state index contributed by atoms with van der Waals surface area (Å²) < 4.78 is 39.9. The van der Waals surface area contributed by atoms with Crippen LogP contribution in [0.4, 0.5) is 15.8 Å². The summed E-state index contributed by atoms with van der Waals surface area (Å²) in [4.78, 5) is 12.4. The van der Waals surface area contributed by atoms with E-state index >= 15 is 0 Å². The molecule has 28 heavy (non-hydrogen) atoms. The topological polar surface area (TPSA) is 78.5 Å². The fourth-order valence-electron chi connectivity index (χ4n) is 2.59. The highest BCUT2D eigenvalue weighted by Crippen LogP contribution is 2.23. The number of aryl methyl sites for hydroxylation is 1. The van der Waals surface area contributed by atoms with Gasteiger partial charge in [-0.1, -0.05) is 31.5 Å². The van der Waals surface area contributed by atoms with Crippen molar-refractivity contribution in [1.82, 2.24) is 4.31 Å². The van der Waals surface area contributed by atoms with Crippen molar-refractivity contribution >= 4 is 38.9 Å². The summed E-state index contributed by atoms with van der Waals surface area (Å²) in [6, 6.07) is 8.68. The van der Waals surface area contributed by atoms with Gasteiger partial charge >= 0.3 is 0 Å². The van der Waals surface area contributed by atoms with E-state index in [1.807, 2.05) is 0 Å². The van der Waals surface area contributed by atoms with Gasteiger partial charge in [0.1, 0.15) is 5.82 Å². The molecule has 9 heteroatoms. The van der Waals surface area contributed by atoms with Gasteiger partial charge in [0.2, 0.25) is 15.9 Å². The number of nitrogens with one attached hydrogen (secondary N) is 2. The Kier molecular flexibility index (Phi) is 7.40. The largest absolute Gasteiger partial charge is 0.376 e. The number of halogens is 2. The number of amides is 1. The third kappa shape index (κ3) is 5.21. The fourth-order valence-corrected chi connectivity index (χ4v) is 4.26. The first kappa shape index (κ1) is 22.1. The maximum atomic E-state index is 13.2. The van der Waals surface area contributed by atoms with Crippen LogP contribution < -0.4 is 10.6 Å². The van der Waals surface area contributed by atoms with Crippen molar-refractivity contribution in [3.63, 3.8) is 0 Å². The number of sulfonamides is 1. The summed E-state index contributed by atoms with van der Waals surface area (Å²) in [5.74, 6) is -0.917. The van der Waals surface area contributed by atoms with Crippen molar-refractivity contribution in [3.8, 4) is 0 Å². The highest BCUT2D eigenvalue weighted by atomic mass is 35.5. The molecule has 0 spiro atoms. The first-order valence-corrected chi connectivity index (χ1v) is 10.6. The molecule has 0 fully saturated rings. The van der Waals surface area contributed by atoms with Gasteiger partial charge in [-0.15, -0.1) is 0 Å². The van der Waals surface area contributed by atoms with Gasteiger partial charge in [0.15, 0.2) is 0 Å². The molecule has 0 aliphatic rings. The van der Waals surface area contributed by atoms with Crippen molar-refractivity contribution in [2.45, 2.75) is 25.7 Å². The molecule has 2 rings (SSSR count). The molecule has 0 saturated heterocycles. The molecule has 2 aromatic carbocycles. The monoisotopic (exact) mass is 427 g/mol. The van der Waals surface area contributed by atoms with Crippen molar-refractivity contribution in [2.24, 2.45) is 0 Å². The van der Waals surface area contributed by atoms with E-state index in [2.05, 4.69) is 10.6 Å². The molecule has 1 amide bonds. The highest BCUT2D eigenvalue weighted by molar-refractivity contribution is 7.89. The number of benzene rings is 2. The fraction of sp³-hybridized carbons (Fsp3) is 0.316. The quantitative estimate of drug-likeness (QED) is 0.670. The van der Waals surface area contributed by atoms with Crippen LogP contribution >= 0.6 is 11.6 Å². The van der Waals surface area contributed by atoms with E-state index in [9.17, 15) is 17.6 Å². The smallest absolute Gasteiger partial charge is 0.243 e. The van der Waals surface area contributed by atoms with Gasteiger partial charge in [0, 0.05) is 24.5 Å². The zero-order chi connectivity index (χ0) is 20.9. The van der Waals surface area contributed by atoms with Gasteiger partial charge < -0.3 is 10.6 Å². The summed E-state index contributed by atoms with van der Waals surface area (Å²) >= 11 is 5.71. The van der Waals surface area contributed by atoms with E-state index < -0.39 is 15.8 Å². The summed E-state index contributed by atoms with van der Waals surface area (Å²) in [5, 5.41) is 5.50. The number of rotatable bonds is 8. The third-order valence-corrected chi connectivity index (χ3v) is 6.53. The maximum Gasteiger partial charge on any atom is 0.243 e. The molecule has 0 bridgehead atoms. The van der Waals surface area contributed by atoms with E-state index in [0.29, 0.717) is 24.5 Å². The van der Waals surface area contributed by atoms with Crippen molar-refractivity contribution in [2.75, 3.05) is 30.3 Å². The van der Waals surface area contributed by atoms with Crippen LogP contribution in [0.3, 0.4) is 0 Å². The third-order valence-electron chi connectivity index (χ3n) is 4.20. The molecule has 2 aromatic rings. The average Bonchev–Trinajstić information content (AvgIpc) is 2.65. The molecule has 0 saturated carbocycles. The summed E-state index contributed by atoms with van der Waals surface area (Å²) in [6.45, 7) is 5.94. The van der Waals surface area contributed by atoms with E-state index in [0.717, 1.165) is 5.56 Å². The number of carbonyl (C=O) groups is 1. The van der Waals surface area contributed by atoms with Gasteiger partial charge in [-0.25, -0.2) is 12.8 Å².